The average molecular weight is 409 g/mol. The molecule has 3 aromatic rings. The zero-order chi connectivity index (χ0) is 18.7. The normalized spacial score (nSPS) is 11.4. The number of aromatic nitrogens is 3. The maximum atomic E-state index is 6.20. The zero-order valence-corrected chi connectivity index (χ0v) is 17.3. The summed E-state index contributed by atoms with van der Waals surface area (Å²) in [6.45, 7) is 5.00. The van der Waals surface area contributed by atoms with E-state index in [1.807, 2.05) is 25.4 Å². The monoisotopic (exact) mass is 408 g/mol. The van der Waals surface area contributed by atoms with Gasteiger partial charge in [0.25, 0.3) is 0 Å². The van der Waals surface area contributed by atoms with Crippen molar-refractivity contribution in [1.29, 1.82) is 0 Å². The predicted octanol–water partition coefficient (Wildman–Crippen LogP) is 5.90. The molecule has 1 aromatic carbocycles. The quantitative estimate of drug-likeness (QED) is 0.390. The molecule has 0 aliphatic heterocycles. The number of benzene rings is 1. The van der Waals surface area contributed by atoms with Gasteiger partial charge >= 0.3 is 0 Å². The fourth-order valence-corrected chi connectivity index (χ4v) is 4.46. The van der Waals surface area contributed by atoms with Crippen molar-refractivity contribution in [2.45, 2.75) is 44.6 Å². The Bertz CT molecular complexity index is 924. The number of anilines is 1. The number of nitrogen functional groups attached to an aromatic ring is 1. The summed E-state index contributed by atoms with van der Waals surface area (Å²) >= 11 is 13.9. The molecule has 2 N–H and O–H groups in total. The Morgan fingerprint density at radius 1 is 1.15 bits per heavy atom. The highest BCUT2D eigenvalue weighted by molar-refractivity contribution is 7.99. The van der Waals surface area contributed by atoms with Crippen molar-refractivity contribution in [3.8, 4) is 0 Å². The van der Waals surface area contributed by atoms with Crippen LogP contribution in [-0.2, 0) is 6.54 Å². The van der Waals surface area contributed by atoms with Crippen LogP contribution in [0.15, 0.2) is 29.4 Å². The summed E-state index contributed by atoms with van der Waals surface area (Å²) in [6, 6.07) is 5.65. The number of hydrogen-bond donors (Lipinski definition) is 1. The summed E-state index contributed by atoms with van der Waals surface area (Å²) in [5.74, 6) is 1.55. The number of thioether (sulfide) groups is 1. The molecule has 0 bridgehead atoms. The molecule has 26 heavy (non-hydrogen) atoms. The van der Waals surface area contributed by atoms with Crippen LogP contribution in [0, 0.1) is 13.8 Å². The van der Waals surface area contributed by atoms with Crippen molar-refractivity contribution >= 4 is 51.8 Å². The predicted molar refractivity (Wildman–Crippen MR) is 112 cm³/mol. The molecule has 0 saturated heterocycles. The summed E-state index contributed by atoms with van der Waals surface area (Å²) in [4.78, 5) is 9.88. The molecule has 0 aliphatic carbocycles. The first kappa shape index (κ1) is 19.3. The molecule has 4 nitrogen and oxygen atoms in total. The van der Waals surface area contributed by atoms with E-state index in [9.17, 15) is 0 Å². The van der Waals surface area contributed by atoms with Gasteiger partial charge in [-0.15, -0.1) is 11.8 Å². The third-order valence-corrected chi connectivity index (χ3v) is 6.28. The summed E-state index contributed by atoms with van der Waals surface area (Å²) in [5.41, 5.74) is 10.0. The summed E-state index contributed by atoms with van der Waals surface area (Å²) in [7, 11) is 0. The maximum absolute atomic E-state index is 6.20. The molecule has 0 fully saturated rings. The molecule has 2 heterocycles. The number of pyridine rings is 1. The molecular weight excluding hydrogens is 387 g/mol. The second-order valence-electron chi connectivity index (χ2n) is 6.33. The summed E-state index contributed by atoms with van der Waals surface area (Å²) in [6.07, 6.45) is 5.26. The first-order valence-corrected chi connectivity index (χ1v) is 10.4. The third kappa shape index (κ3) is 4.27. The Labute approximate surface area is 168 Å². The molecule has 0 unspecified atom stereocenters. The minimum atomic E-state index is 0.512. The fraction of sp³-hybridized carbons (Fsp3) is 0.368. The van der Waals surface area contributed by atoms with Crippen LogP contribution in [-0.4, -0.2) is 20.3 Å². The van der Waals surface area contributed by atoms with Crippen LogP contribution in [0.25, 0.3) is 11.0 Å². The molecule has 0 radical (unpaired) electrons. The van der Waals surface area contributed by atoms with Crippen LogP contribution in [0.4, 0.5) is 5.82 Å². The standard InChI is InChI=1S/C19H22Cl2N4S/c1-12-13(2)24-19(22)17-18(12)25(11-23-17)8-4-3-5-9-26-16-7-6-14(20)10-15(16)21/h6-7,10-11H,3-5,8-9H2,1-2H3,(H2,22,24). The largest absolute Gasteiger partial charge is 0.382 e. The Hall–Kier alpha value is -1.43. The van der Waals surface area contributed by atoms with Gasteiger partial charge in [0.05, 0.1) is 16.9 Å². The number of nitrogens with zero attached hydrogens (tertiary/aromatic N) is 3. The number of nitrogens with two attached hydrogens (primary N) is 1. The van der Waals surface area contributed by atoms with Crippen molar-refractivity contribution < 1.29 is 0 Å². The van der Waals surface area contributed by atoms with Crippen molar-refractivity contribution in [1.82, 2.24) is 14.5 Å². The SMILES string of the molecule is Cc1nc(N)c2ncn(CCCCCSc3ccc(Cl)cc3Cl)c2c1C. The average Bonchev–Trinajstić information content (AvgIpc) is 3.02. The number of hydrogen-bond acceptors (Lipinski definition) is 4. The van der Waals surface area contributed by atoms with E-state index in [1.54, 1.807) is 17.8 Å². The topological polar surface area (TPSA) is 56.7 Å². The van der Waals surface area contributed by atoms with Crippen molar-refractivity contribution in [3.05, 3.63) is 45.8 Å². The highest BCUT2D eigenvalue weighted by Crippen LogP contribution is 2.30. The Kier molecular flexibility index (Phi) is 6.33. The van der Waals surface area contributed by atoms with Gasteiger partial charge in [-0.3, -0.25) is 0 Å². The maximum Gasteiger partial charge on any atom is 0.151 e. The van der Waals surface area contributed by atoms with E-state index in [-0.39, 0.29) is 0 Å². The molecule has 0 atom stereocenters. The van der Waals surface area contributed by atoms with E-state index in [4.69, 9.17) is 28.9 Å². The molecule has 7 heteroatoms. The van der Waals surface area contributed by atoms with Gasteiger partial charge in [-0.05, 0) is 56.2 Å². The minimum absolute atomic E-state index is 0.512. The van der Waals surface area contributed by atoms with Crippen LogP contribution < -0.4 is 5.73 Å². The minimum Gasteiger partial charge on any atom is -0.382 e. The van der Waals surface area contributed by atoms with E-state index in [1.165, 1.54) is 0 Å². The smallest absolute Gasteiger partial charge is 0.151 e. The fourth-order valence-electron chi connectivity index (χ4n) is 2.96. The van der Waals surface area contributed by atoms with E-state index in [2.05, 4.69) is 21.5 Å². The highest BCUT2D eigenvalue weighted by atomic mass is 35.5. The number of halogens is 2. The van der Waals surface area contributed by atoms with Gasteiger partial charge in [0.2, 0.25) is 0 Å². The van der Waals surface area contributed by atoms with Gasteiger partial charge in [-0.2, -0.15) is 0 Å². The zero-order valence-electron chi connectivity index (χ0n) is 14.9. The lowest BCUT2D eigenvalue weighted by atomic mass is 10.2. The number of imidazole rings is 1. The Morgan fingerprint density at radius 2 is 1.96 bits per heavy atom. The van der Waals surface area contributed by atoms with Gasteiger partial charge in [0.15, 0.2) is 5.82 Å². The van der Waals surface area contributed by atoms with Crippen molar-refractivity contribution in [3.63, 3.8) is 0 Å². The first-order chi connectivity index (χ1) is 12.5. The van der Waals surface area contributed by atoms with Gasteiger partial charge < -0.3 is 10.3 Å². The van der Waals surface area contributed by atoms with Crippen LogP contribution in [0.5, 0.6) is 0 Å². The van der Waals surface area contributed by atoms with Crippen LogP contribution in [0.1, 0.15) is 30.5 Å². The summed E-state index contributed by atoms with van der Waals surface area (Å²) in [5, 5.41) is 1.40. The lowest BCUT2D eigenvalue weighted by Crippen LogP contribution is -2.02. The number of aryl methyl sites for hydroxylation is 3. The molecule has 0 amide bonds. The van der Waals surface area contributed by atoms with Gasteiger partial charge in [0.1, 0.15) is 5.52 Å². The second-order valence-corrected chi connectivity index (χ2v) is 8.31. The van der Waals surface area contributed by atoms with E-state index in [0.29, 0.717) is 10.8 Å². The third-order valence-electron chi connectivity index (χ3n) is 4.46. The molecule has 0 saturated carbocycles. The Balaban J connectivity index is 1.51. The van der Waals surface area contributed by atoms with E-state index >= 15 is 0 Å². The first-order valence-electron chi connectivity index (χ1n) is 8.62. The van der Waals surface area contributed by atoms with Gasteiger partial charge in [0, 0.05) is 22.2 Å². The Morgan fingerprint density at radius 3 is 2.73 bits per heavy atom. The molecular formula is C19H22Cl2N4S. The lowest BCUT2D eigenvalue weighted by molar-refractivity contribution is 0.614. The molecule has 0 spiro atoms. The number of rotatable bonds is 7. The molecule has 2 aromatic heterocycles. The molecule has 138 valence electrons. The molecule has 0 aliphatic rings. The van der Waals surface area contributed by atoms with Crippen molar-refractivity contribution in [2.75, 3.05) is 11.5 Å². The summed E-state index contributed by atoms with van der Waals surface area (Å²) < 4.78 is 2.19. The molecule has 3 rings (SSSR count). The number of unbranched alkanes of at least 4 members (excludes halogenated alkanes) is 2. The highest BCUT2D eigenvalue weighted by Gasteiger charge is 2.12. The lowest BCUT2D eigenvalue weighted by Gasteiger charge is -2.09. The second kappa shape index (κ2) is 8.51. The van der Waals surface area contributed by atoms with E-state index < -0.39 is 0 Å². The number of fused-ring (bicyclic) bond motifs is 1. The van der Waals surface area contributed by atoms with Crippen molar-refractivity contribution in [2.24, 2.45) is 0 Å². The van der Waals surface area contributed by atoms with Crippen LogP contribution in [0.3, 0.4) is 0 Å². The van der Waals surface area contributed by atoms with Crippen LogP contribution >= 0.6 is 35.0 Å². The van der Waals surface area contributed by atoms with Gasteiger partial charge in [-0.1, -0.05) is 29.6 Å². The van der Waals surface area contributed by atoms with Gasteiger partial charge in [-0.25, -0.2) is 9.97 Å². The van der Waals surface area contributed by atoms with E-state index in [0.717, 1.165) is 63.8 Å². The van der Waals surface area contributed by atoms with Crippen LogP contribution in [0.2, 0.25) is 10.0 Å².